The molecule has 0 aliphatic carbocycles. The molecule has 5 heteroatoms. The summed E-state index contributed by atoms with van der Waals surface area (Å²) in [6.07, 6.45) is 0.514. The van der Waals surface area contributed by atoms with Crippen molar-refractivity contribution in [3.05, 3.63) is 29.5 Å². The van der Waals surface area contributed by atoms with Crippen molar-refractivity contribution in [3.8, 4) is 0 Å². The molecule has 1 aromatic heterocycles. The van der Waals surface area contributed by atoms with Crippen LogP contribution >= 0.6 is 12.6 Å². The van der Waals surface area contributed by atoms with E-state index < -0.39 is 12.2 Å². The minimum absolute atomic E-state index is 0.465. The average molecular weight is 252 g/mol. The third kappa shape index (κ3) is 2.46. The number of fused-ring (bicyclic) bond motifs is 1. The van der Waals surface area contributed by atoms with Crippen LogP contribution in [0.3, 0.4) is 0 Å². The number of aliphatic hydroxyl groups excluding tert-OH is 2. The Hall–Kier alpha value is -1.04. The number of aryl methyl sites for hydroxylation is 1. The second-order valence-electron chi connectivity index (χ2n) is 4.19. The van der Waals surface area contributed by atoms with E-state index in [1.165, 1.54) is 0 Å². The zero-order valence-electron chi connectivity index (χ0n) is 9.59. The predicted molar refractivity (Wildman–Crippen MR) is 70.3 cm³/mol. The molecule has 0 aliphatic rings. The number of aromatic nitrogens is 2. The van der Waals surface area contributed by atoms with Crippen LogP contribution in [0.5, 0.6) is 0 Å². The quantitative estimate of drug-likeness (QED) is 0.625. The van der Waals surface area contributed by atoms with Gasteiger partial charge in [-0.2, -0.15) is 17.7 Å². The van der Waals surface area contributed by atoms with Gasteiger partial charge in [0.15, 0.2) is 0 Å². The van der Waals surface area contributed by atoms with Gasteiger partial charge in [-0.3, -0.25) is 5.10 Å². The molecule has 1 aromatic carbocycles. The highest BCUT2D eigenvalue weighted by Gasteiger charge is 2.20. The first-order valence-corrected chi connectivity index (χ1v) is 6.17. The van der Waals surface area contributed by atoms with Gasteiger partial charge >= 0.3 is 0 Å². The number of nitrogens with one attached hydrogen (secondary N) is 1. The van der Waals surface area contributed by atoms with Crippen molar-refractivity contribution in [1.82, 2.24) is 10.2 Å². The van der Waals surface area contributed by atoms with Crippen LogP contribution < -0.4 is 0 Å². The van der Waals surface area contributed by atoms with Crippen molar-refractivity contribution in [2.45, 2.75) is 25.6 Å². The van der Waals surface area contributed by atoms with Crippen LogP contribution in [0.4, 0.5) is 0 Å². The second-order valence-corrected chi connectivity index (χ2v) is 4.64. The second kappa shape index (κ2) is 5.08. The molecule has 2 aromatic rings. The van der Waals surface area contributed by atoms with Gasteiger partial charge in [-0.25, -0.2) is 0 Å². The molecule has 92 valence electrons. The Morgan fingerprint density at radius 1 is 1.41 bits per heavy atom. The lowest BCUT2D eigenvalue weighted by atomic mass is 9.97. The molecule has 2 unspecified atom stereocenters. The first kappa shape index (κ1) is 12.4. The van der Waals surface area contributed by atoms with E-state index in [1.807, 2.05) is 19.1 Å². The topological polar surface area (TPSA) is 69.1 Å². The van der Waals surface area contributed by atoms with Gasteiger partial charge in [0.05, 0.1) is 17.8 Å². The van der Waals surface area contributed by atoms with Gasteiger partial charge in [-0.15, -0.1) is 0 Å². The van der Waals surface area contributed by atoms with E-state index in [-0.39, 0.29) is 0 Å². The number of nitrogens with zero attached hydrogens (tertiary/aromatic N) is 1. The summed E-state index contributed by atoms with van der Waals surface area (Å²) in [5.74, 6) is 0.547. The lowest BCUT2D eigenvalue weighted by Gasteiger charge is -2.19. The standard InChI is InChI=1S/C12H16N2O2S/c1-7-4-10-8(6-13-14-10)5-9(7)12(16)11(15)2-3-17/h4-6,11-12,15-17H,2-3H2,1H3,(H,13,14). The molecular formula is C12H16N2O2S. The Morgan fingerprint density at radius 2 is 2.18 bits per heavy atom. The van der Waals surface area contributed by atoms with Gasteiger partial charge in [-0.05, 0) is 42.4 Å². The normalized spacial score (nSPS) is 15.1. The summed E-state index contributed by atoms with van der Waals surface area (Å²) in [7, 11) is 0. The minimum Gasteiger partial charge on any atom is -0.390 e. The zero-order valence-corrected chi connectivity index (χ0v) is 10.5. The molecule has 1 heterocycles. The van der Waals surface area contributed by atoms with Crippen molar-refractivity contribution in [2.75, 3.05) is 5.75 Å². The van der Waals surface area contributed by atoms with Crippen molar-refractivity contribution in [2.24, 2.45) is 0 Å². The Morgan fingerprint density at radius 3 is 2.88 bits per heavy atom. The SMILES string of the molecule is Cc1cc2[nH]ncc2cc1C(O)C(O)CCS. The molecule has 4 nitrogen and oxygen atoms in total. The largest absolute Gasteiger partial charge is 0.390 e. The monoisotopic (exact) mass is 252 g/mol. The highest BCUT2D eigenvalue weighted by Crippen LogP contribution is 2.26. The van der Waals surface area contributed by atoms with Gasteiger partial charge in [0, 0.05) is 5.39 Å². The number of thiol groups is 1. The maximum absolute atomic E-state index is 10.1. The van der Waals surface area contributed by atoms with E-state index >= 15 is 0 Å². The molecule has 0 bridgehead atoms. The number of benzene rings is 1. The van der Waals surface area contributed by atoms with Crippen molar-refractivity contribution in [3.63, 3.8) is 0 Å². The lowest BCUT2D eigenvalue weighted by molar-refractivity contribution is 0.0169. The fourth-order valence-electron chi connectivity index (χ4n) is 1.93. The summed E-state index contributed by atoms with van der Waals surface area (Å²) in [6.45, 7) is 1.91. The van der Waals surface area contributed by atoms with Gasteiger partial charge in [0.1, 0.15) is 6.10 Å². The van der Waals surface area contributed by atoms with Crippen LogP contribution in [0, 0.1) is 6.92 Å². The molecule has 0 fully saturated rings. The van der Waals surface area contributed by atoms with Gasteiger partial charge in [0.25, 0.3) is 0 Å². The molecular weight excluding hydrogens is 236 g/mol. The third-order valence-corrected chi connectivity index (χ3v) is 3.19. The summed E-state index contributed by atoms with van der Waals surface area (Å²) in [6, 6.07) is 3.79. The Balaban J connectivity index is 2.36. The van der Waals surface area contributed by atoms with Crippen molar-refractivity contribution < 1.29 is 10.2 Å². The summed E-state index contributed by atoms with van der Waals surface area (Å²) in [4.78, 5) is 0. The maximum Gasteiger partial charge on any atom is 0.105 e. The van der Waals surface area contributed by atoms with Crippen LogP contribution in [-0.4, -0.2) is 32.3 Å². The number of hydrogen-bond acceptors (Lipinski definition) is 4. The number of hydrogen-bond donors (Lipinski definition) is 4. The summed E-state index contributed by atoms with van der Waals surface area (Å²) in [5, 5.41) is 27.6. The number of rotatable bonds is 4. The van der Waals surface area contributed by atoms with Crippen LogP contribution in [0.15, 0.2) is 18.3 Å². The Kier molecular flexibility index (Phi) is 3.71. The van der Waals surface area contributed by atoms with Gasteiger partial charge < -0.3 is 10.2 Å². The van der Waals surface area contributed by atoms with E-state index in [2.05, 4.69) is 22.8 Å². The van der Waals surface area contributed by atoms with E-state index in [4.69, 9.17) is 0 Å². The van der Waals surface area contributed by atoms with Gasteiger partial charge in [0.2, 0.25) is 0 Å². The van der Waals surface area contributed by atoms with Crippen LogP contribution in [0.2, 0.25) is 0 Å². The third-order valence-electron chi connectivity index (χ3n) is 2.93. The van der Waals surface area contributed by atoms with E-state index in [1.54, 1.807) is 6.20 Å². The number of aromatic amines is 1. The average Bonchev–Trinajstić information content (AvgIpc) is 2.74. The molecule has 17 heavy (non-hydrogen) atoms. The highest BCUT2D eigenvalue weighted by atomic mass is 32.1. The lowest BCUT2D eigenvalue weighted by Crippen LogP contribution is -2.19. The van der Waals surface area contributed by atoms with Crippen LogP contribution in [0.1, 0.15) is 23.7 Å². The van der Waals surface area contributed by atoms with E-state index in [9.17, 15) is 10.2 Å². The molecule has 3 N–H and O–H groups in total. The smallest absolute Gasteiger partial charge is 0.105 e. The summed E-state index contributed by atoms with van der Waals surface area (Å²) in [5.41, 5.74) is 2.61. The van der Waals surface area contributed by atoms with E-state index in [0.29, 0.717) is 12.2 Å². The highest BCUT2D eigenvalue weighted by molar-refractivity contribution is 7.80. The molecule has 0 aliphatic heterocycles. The fourth-order valence-corrected chi connectivity index (χ4v) is 2.20. The zero-order chi connectivity index (χ0) is 12.4. The Labute approximate surface area is 105 Å². The maximum atomic E-state index is 10.1. The number of aliphatic hydroxyl groups is 2. The minimum atomic E-state index is -0.874. The van der Waals surface area contributed by atoms with Crippen molar-refractivity contribution in [1.29, 1.82) is 0 Å². The fraction of sp³-hybridized carbons (Fsp3) is 0.417. The summed E-state index contributed by atoms with van der Waals surface area (Å²) >= 11 is 4.06. The van der Waals surface area contributed by atoms with Crippen LogP contribution in [-0.2, 0) is 0 Å². The van der Waals surface area contributed by atoms with Crippen molar-refractivity contribution >= 4 is 23.5 Å². The van der Waals surface area contributed by atoms with Gasteiger partial charge in [-0.1, -0.05) is 0 Å². The van der Waals surface area contributed by atoms with Crippen LogP contribution in [0.25, 0.3) is 10.9 Å². The first-order valence-electron chi connectivity index (χ1n) is 5.54. The molecule has 2 rings (SSSR count). The molecule has 2 atom stereocenters. The van der Waals surface area contributed by atoms with E-state index in [0.717, 1.165) is 22.0 Å². The predicted octanol–water partition coefficient (Wildman–Crippen LogP) is 1.59. The number of H-pyrrole nitrogens is 1. The molecule has 0 radical (unpaired) electrons. The summed E-state index contributed by atoms with van der Waals surface area (Å²) < 4.78 is 0. The molecule has 0 saturated heterocycles. The molecule has 0 saturated carbocycles. The Bertz CT molecular complexity index is 512. The first-order chi connectivity index (χ1) is 8.13. The molecule has 0 amide bonds. The molecule has 0 spiro atoms.